The van der Waals surface area contributed by atoms with Crippen molar-refractivity contribution in [2.24, 2.45) is 0 Å². The zero-order valence-corrected chi connectivity index (χ0v) is 10.9. The molecule has 2 rings (SSSR count). The first-order valence-corrected chi connectivity index (χ1v) is 6.59. The molecule has 2 aromatic rings. The molecule has 0 unspecified atom stereocenters. The summed E-state index contributed by atoms with van der Waals surface area (Å²) in [6.07, 6.45) is 2.27. The van der Waals surface area contributed by atoms with Gasteiger partial charge in [-0.05, 0) is 38.0 Å². The van der Waals surface area contributed by atoms with Crippen molar-refractivity contribution in [3.8, 4) is 5.75 Å². The van der Waals surface area contributed by atoms with Gasteiger partial charge in [0.05, 0.1) is 16.3 Å². The van der Waals surface area contributed by atoms with Crippen LogP contribution in [0.2, 0.25) is 0 Å². The van der Waals surface area contributed by atoms with Crippen molar-refractivity contribution < 1.29 is 4.74 Å². The molecule has 2 nitrogen and oxygen atoms in total. The van der Waals surface area contributed by atoms with Gasteiger partial charge in [-0.25, -0.2) is 4.98 Å². The molecule has 86 valence electrons. The van der Waals surface area contributed by atoms with E-state index in [0.717, 1.165) is 29.1 Å². The minimum Gasteiger partial charge on any atom is -0.492 e. The molecule has 0 amide bonds. The Morgan fingerprint density at radius 1 is 1.31 bits per heavy atom. The van der Waals surface area contributed by atoms with Crippen molar-refractivity contribution in [2.75, 3.05) is 6.61 Å². The number of hydrogen-bond donors (Lipinski definition) is 0. The smallest absolute Gasteiger partial charge is 0.146 e. The lowest BCUT2D eigenvalue weighted by Gasteiger charge is -2.06. The molecule has 1 aromatic heterocycles. The maximum absolute atomic E-state index is 5.66. The maximum atomic E-state index is 5.66. The summed E-state index contributed by atoms with van der Waals surface area (Å²) in [5, 5.41) is 1.10. The summed E-state index contributed by atoms with van der Waals surface area (Å²) >= 11 is 1.74. The molecule has 0 N–H and O–H groups in total. The summed E-state index contributed by atoms with van der Waals surface area (Å²) in [6.45, 7) is 6.95. The van der Waals surface area contributed by atoms with Crippen molar-refractivity contribution in [1.29, 1.82) is 0 Å². The van der Waals surface area contributed by atoms with Gasteiger partial charge in [0.1, 0.15) is 11.3 Å². The van der Waals surface area contributed by atoms with E-state index < -0.39 is 0 Å². The van der Waals surface area contributed by atoms with Crippen molar-refractivity contribution >= 4 is 21.6 Å². The third kappa shape index (κ3) is 2.19. The summed E-state index contributed by atoms with van der Waals surface area (Å²) in [6, 6.07) is 4.38. The van der Waals surface area contributed by atoms with Gasteiger partial charge in [-0.2, -0.15) is 0 Å². The molecule has 1 aromatic carbocycles. The fourth-order valence-electron chi connectivity index (χ4n) is 1.86. The molecule has 0 spiro atoms. The predicted molar refractivity (Wildman–Crippen MR) is 69.5 cm³/mol. The number of rotatable bonds is 4. The molecule has 0 bridgehead atoms. The van der Waals surface area contributed by atoms with Crippen molar-refractivity contribution in [1.82, 2.24) is 4.98 Å². The highest BCUT2D eigenvalue weighted by atomic mass is 32.1. The van der Waals surface area contributed by atoms with Crippen LogP contribution >= 0.6 is 11.3 Å². The van der Waals surface area contributed by atoms with E-state index >= 15 is 0 Å². The van der Waals surface area contributed by atoms with Gasteiger partial charge < -0.3 is 4.74 Å². The minimum absolute atomic E-state index is 0.696. The Labute approximate surface area is 100 Å². The lowest BCUT2D eigenvalue weighted by atomic mass is 10.1. The fraction of sp³-hybridized carbons (Fsp3) is 0.462. The monoisotopic (exact) mass is 235 g/mol. The normalized spacial score (nSPS) is 10.9. The molecular formula is C13H17NOS. The summed E-state index contributed by atoms with van der Waals surface area (Å²) < 4.78 is 6.91. The van der Waals surface area contributed by atoms with Gasteiger partial charge in [0.2, 0.25) is 0 Å². The molecule has 1 heterocycles. The minimum atomic E-state index is 0.696. The zero-order valence-electron chi connectivity index (χ0n) is 10.0. The van der Waals surface area contributed by atoms with Crippen LogP contribution in [0, 0.1) is 6.92 Å². The lowest BCUT2D eigenvalue weighted by molar-refractivity contribution is 0.343. The van der Waals surface area contributed by atoms with Crippen LogP contribution in [0.5, 0.6) is 5.75 Å². The van der Waals surface area contributed by atoms with Gasteiger partial charge in [0.15, 0.2) is 0 Å². The Kier molecular flexibility index (Phi) is 3.44. The van der Waals surface area contributed by atoms with Crippen LogP contribution in [0.3, 0.4) is 0 Å². The van der Waals surface area contributed by atoms with E-state index in [2.05, 4.69) is 24.0 Å². The van der Waals surface area contributed by atoms with Crippen LogP contribution in [0.15, 0.2) is 12.1 Å². The highest BCUT2D eigenvalue weighted by Crippen LogP contribution is 2.31. The number of thiazole rings is 1. The lowest BCUT2D eigenvalue weighted by Crippen LogP contribution is -1.94. The van der Waals surface area contributed by atoms with Gasteiger partial charge in [-0.1, -0.05) is 13.3 Å². The Morgan fingerprint density at radius 2 is 2.12 bits per heavy atom. The van der Waals surface area contributed by atoms with Crippen LogP contribution in [-0.2, 0) is 6.42 Å². The van der Waals surface area contributed by atoms with E-state index in [4.69, 9.17) is 4.74 Å². The largest absolute Gasteiger partial charge is 0.492 e. The van der Waals surface area contributed by atoms with E-state index in [1.807, 2.05) is 13.8 Å². The number of nitrogens with zero attached hydrogens (tertiary/aromatic N) is 1. The molecule has 0 fully saturated rings. The summed E-state index contributed by atoms with van der Waals surface area (Å²) in [5.74, 6) is 0.938. The first-order chi connectivity index (χ1) is 7.74. The van der Waals surface area contributed by atoms with E-state index in [1.54, 1.807) is 11.3 Å². The second-order valence-electron chi connectivity index (χ2n) is 3.86. The highest BCUT2D eigenvalue weighted by molar-refractivity contribution is 7.18. The maximum Gasteiger partial charge on any atom is 0.146 e. The Balaban J connectivity index is 2.53. The molecule has 3 heteroatoms. The standard InChI is InChI=1S/C13H17NOS/c1-4-6-10-7-11(15-5-2)13-12(8-10)16-9(3)14-13/h7-8H,4-6H2,1-3H3. The first kappa shape index (κ1) is 11.4. The second kappa shape index (κ2) is 4.83. The number of aryl methyl sites for hydroxylation is 2. The fourth-order valence-corrected chi connectivity index (χ4v) is 2.77. The number of hydrogen-bond acceptors (Lipinski definition) is 3. The van der Waals surface area contributed by atoms with Gasteiger partial charge in [0.25, 0.3) is 0 Å². The summed E-state index contributed by atoms with van der Waals surface area (Å²) in [7, 11) is 0. The van der Waals surface area contributed by atoms with E-state index in [9.17, 15) is 0 Å². The Morgan fingerprint density at radius 3 is 2.81 bits per heavy atom. The molecule has 0 saturated heterocycles. The van der Waals surface area contributed by atoms with Crippen molar-refractivity contribution in [3.63, 3.8) is 0 Å². The van der Waals surface area contributed by atoms with E-state index in [0.29, 0.717) is 6.61 Å². The molecule has 0 aliphatic heterocycles. The van der Waals surface area contributed by atoms with Crippen LogP contribution in [-0.4, -0.2) is 11.6 Å². The molecule has 0 saturated carbocycles. The SMILES string of the molecule is CCCc1cc(OCC)c2nc(C)sc2c1. The van der Waals surface area contributed by atoms with Gasteiger partial charge >= 0.3 is 0 Å². The number of benzene rings is 1. The third-order valence-electron chi connectivity index (χ3n) is 2.47. The van der Waals surface area contributed by atoms with E-state index in [-0.39, 0.29) is 0 Å². The third-order valence-corrected chi connectivity index (χ3v) is 3.38. The number of ether oxygens (including phenoxy) is 1. The van der Waals surface area contributed by atoms with Crippen molar-refractivity contribution in [3.05, 3.63) is 22.7 Å². The Bertz CT molecular complexity index is 490. The molecule has 16 heavy (non-hydrogen) atoms. The van der Waals surface area contributed by atoms with Crippen LogP contribution in [0.1, 0.15) is 30.8 Å². The van der Waals surface area contributed by atoms with E-state index in [1.165, 1.54) is 10.3 Å². The quantitative estimate of drug-likeness (QED) is 0.800. The molecular weight excluding hydrogens is 218 g/mol. The van der Waals surface area contributed by atoms with Crippen LogP contribution < -0.4 is 4.74 Å². The topological polar surface area (TPSA) is 22.1 Å². The van der Waals surface area contributed by atoms with Crippen LogP contribution in [0.4, 0.5) is 0 Å². The zero-order chi connectivity index (χ0) is 11.5. The highest BCUT2D eigenvalue weighted by Gasteiger charge is 2.09. The average molecular weight is 235 g/mol. The second-order valence-corrected chi connectivity index (χ2v) is 5.09. The number of fused-ring (bicyclic) bond motifs is 1. The summed E-state index contributed by atoms with van der Waals surface area (Å²) in [4.78, 5) is 4.53. The van der Waals surface area contributed by atoms with Crippen LogP contribution in [0.25, 0.3) is 10.2 Å². The molecule has 0 atom stereocenters. The Hall–Kier alpha value is -1.09. The van der Waals surface area contributed by atoms with Gasteiger partial charge in [-0.15, -0.1) is 11.3 Å². The molecule has 0 aliphatic carbocycles. The average Bonchev–Trinajstić information content (AvgIpc) is 2.60. The summed E-state index contributed by atoms with van der Waals surface area (Å²) in [5.41, 5.74) is 2.37. The molecule has 0 aliphatic rings. The van der Waals surface area contributed by atoms with Crippen molar-refractivity contribution in [2.45, 2.75) is 33.6 Å². The van der Waals surface area contributed by atoms with Gasteiger partial charge in [-0.3, -0.25) is 0 Å². The number of aromatic nitrogens is 1. The van der Waals surface area contributed by atoms with Gasteiger partial charge in [0, 0.05) is 0 Å². The predicted octanol–water partition coefficient (Wildman–Crippen LogP) is 3.96. The first-order valence-electron chi connectivity index (χ1n) is 5.77. The molecule has 0 radical (unpaired) electrons.